The van der Waals surface area contributed by atoms with Crippen molar-refractivity contribution in [3.8, 4) is 5.75 Å². The number of amides is 1. The van der Waals surface area contributed by atoms with Gasteiger partial charge in [-0.2, -0.15) is 4.31 Å². The quantitative estimate of drug-likeness (QED) is 0.747. The highest BCUT2D eigenvalue weighted by Gasteiger charge is 2.25. The maximum Gasteiger partial charge on any atom is 0.257 e. The molecule has 0 atom stereocenters. The average Bonchev–Trinajstić information content (AvgIpc) is 2.62. The van der Waals surface area contributed by atoms with Crippen LogP contribution in [0.4, 0.5) is 5.69 Å². The van der Waals surface area contributed by atoms with Crippen LogP contribution in [0.1, 0.15) is 31.1 Å². The Bertz CT molecular complexity index is 929. The van der Waals surface area contributed by atoms with Crippen LogP contribution in [-0.4, -0.2) is 38.3 Å². The summed E-state index contributed by atoms with van der Waals surface area (Å²) in [4.78, 5) is 12.7. The van der Waals surface area contributed by atoms with E-state index in [1.54, 1.807) is 38.1 Å². The molecule has 0 unspecified atom stereocenters. The summed E-state index contributed by atoms with van der Waals surface area (Å²) in [6, 6.07) is 10.9. The fourth-order valence-corrected chi connectivity index (χ4v) is 3.92. The third-order valence-electron chi connectivity index (χ3n) is 4.02. The van der Waals surface area contributed by atoms with Crippen LogP contribution in [0.5, 0.6) is 5.75 Å². The number of nitrogens with zero attached hydrogens (tertiary/aromatic N) is 1. The Kier molecular flexibility index (Phi) is 6.86. The van der Waals surface area contributed by atoms with E-state index in [2.05, 4.69) is 5.32 Å². The molecule has 1 amide bonds. The van der Waals surface area contributed by atoms with Gasteiger partial charge in [0.1, 0.15) is 5.75 Å². The number of nitrogens with one attached hydrogen (secondary N) is 1. The number of halogens is 1. The summed E-state index contributed by atoms with van der Waals surface area (Å²) in [6.45, 7) is 5.83. The van der Waals surface area contributed by atoms with Crippen molar-refractivity contribution in [2.24, 2.45) is 0 Å². The Morgan fingerprint density at radius 2 is 1.89 bits per heavy atom. The smallest absolute Gasteiger partial charge is 0.257 e. The summed E-state index contributed by atoms with van der Waals surface area (Å²) in [7, 11) is -2.24. The molecule has 0 saturated heterocycles. The van der Waals surface area contributed by atoms with E-state index in [0.717, 1.165) is 0 Å². The monoisotopic (exact) mass is 410 g/mol. The van der Waals surface area contributed by atoms with Crippen molar-refractivity contribution in [3.63, 3.8) is 0 Å². The molecule has 0 fully saturated rings. The van der Waals surface area contributed by atoms with E-state index in [4.69, 9.17) is 16.3 Å². The Hall–Kier alpha value is -2.09. The van der Waals surface area contributed by atoms with Gasteiger partial charge < -0.3 is 10.1 Å². The van der Waals surface area contributed by atoms with Crippen molar-refractivity contribution >= 4 is 33.2 Å². The average molecular weight is 411 g/mol. The number of carbonyl (C=O) groups excluding carboxylic acids is 1. The second-order valence-electron chi connectivity index (χ2n) is 6.14. The molecule has 146 valence electrons. The molecule has 6 nitrogen and oxygen atoms in total. The summed E-state index contributed by atoms with van der Waals surface area (Å²) in [6.07, 6.45) is 0. The Morgan fingerprint density at radius 3 is 2.52 bits per heavy atom. The highest BCUT2D eigenvalue weighted by atomic mass is 35.5. The Morgan fingerprint density at radius 1 is 1.22 bits per heavy atom. The van der Waals surface area contributed by atoms with E-state index in [-0.39, 0.29) is 21.5 Å². The molecule has 2 rings (SSSR count). The predicted octanol–water partition coefficient (Wildman–Crippen LogP) is 4.02. The van der Waals surface area contributed by atoms with E-state index in [1.165, 1.54) is 29.6 Å². The molecule has 0 aliphatic carbocycles. The molecule has 0 bridgehead atoms. The zero-order valence-electron chi connectivity index (χ0n) is 15.7. The summed E-state index contributed by atoms with van der Waals surface area (Å²) in [5.41, 5.74) is 0.550. The number of rotatable bonds is 7. The molecule has 0 aliphatic rings. The third-order valence-corrected chi connectivity index (χ3v) is 6.38. The molecule has 2 aromatic carbocycles. The van der Waals surface area contributed by atoms with Gasteiger partial charge in [0.15, 0.2) is 0 Å². The largest absolute Gasteiger partial charge is 0.492 e. The first-order valence-corrected chi connectivity index (χ1v) is 10.3. The second kappa shape index (κ2) is 8.73. The molecule has 27 heavy (non-hydrogen) atoms. The topological polar surface area (TPSA) is 75.7 Å². The van der Waals surface area contributed by atoms with Crippen molar-refractivity contribution in [3.05, 3.63) is 53.1 Å². The highest BCUT2D eigenvalue weighted by molar-refractivity contribution is 7.89. The van der Waals surface area contributed by atoms with Crippen molar-refractivity contribution in [1.82, 2.24) is 4.31 Å². The van der Waals surface area contributed by atoms with E-state index in [1.807, 2.05) is 6.92 Å². The van der Waals surface area contributed by atoms with Gasteiger partial charge in [-0.1, -0.05) is 23.7 Å². The zero-order chi connectivity index (χ0) is 20.2. The lowest BCUT2D eigenvalue weighted by molar-refractivity contribution is 0.102. The SMILES string of the molecule is CCOc1ccccc1NC(=O)c1cc(S(=O)(=O)N(C)C(C)C)ccc1Cl. The van der Waals surface area contributed by atoms with Crippen LogP contribution < -0.4 is 10.1 Å². The molecule has 0 spiro atoms. The molecule has 0 heterocycles. The molecular weight excluding hydrogens is 388 g/mol. The fraction of sp³-hybridized carbons (Fsp3) is 0.316. The number of para-hydroxylation sites is 2. The Labute approximate surface area is 165 Å². The van der Waals surface area contributed by atoms with Gasteiger partial charge in [0.05, 0.1) is 27.8 Å². The van der Waals surface area contributed by atoms with Gasteiger partial charge in [-0.3, -0.25) is 4.79 Å². The predicted molar refractivity (Wildman–Crippen MR) is 107 cm³/mol. The molecular formula is C19H23ClN2O4S. The minimum atomic E-state index is -3.73. The summed E-state index contributed by atoms with van der Waals surface area (Å²) in [5, 5.41) is 2.89. The van der Waals surface area contributed by atoms with E-state index >= 15 is 0 Å². The maximum atomic E-state index is 12.7. The fourth-order valence-electron chi connectivity index (χ4n) is 2.32. The second-order valence-corrected chi connectivity index (χ2v) is 8.54. The van der Waals surface area contributed by atoms with Crippen molar-refractivity contribution in [1.29, 1.82) is 0 Å². The van der Waals surface area contributed by atoms with Gasteiger partial charge in [-0.25, -0.2) is 8.42 Å². The van der Waals surface area contributed by atoms with Crippen LogP contribution >= 0.6 is 11.6 Å². The number of ether oxygens (including phenoxy) is 1. The van der Waals surface area contributed by atoms with Crippen LogP contribution in [0.15, 0.2) is 47.4 Å². The molecule has 2 aromatic rings. The van der Waals surface area contributed by atoms with Crippen LogP contribution in [-0.2, 0) is 10.0 Å². The molecule has 0 aromatic heterocycles. The van der Waals surface area contributed by atoms with Gasteiger partial charge >= 0.3 is 0 Å². The van der Waals surface area contributed by atoms with Crippen molar-refractivity contribution in [2.45, 2.75) is 31.7 Å². The van der Waals surface area contributed by atoms with Crippen LogP contribution in [0.2, 0.25) is 5.02 Å². The lowest BCUT2D eigenvalue weighted by Crippen LogP contribution is -2.33. The zero-order valence-corrected chi connectivity index (χ0v) is 17.3. The normalized spacial score (nSPS) is 11.7. The first-order chi connectivity index (χ1) is 12.7. The van der Waals surface area contributed by atoms with Gasteiger partial charge in [-0.15, -0.1) is 0 Å². The summed E-state index contributed by atoms with van der Waals surface area (Å²) >= 11 is 6.15. The number of sulfonamides is 1. The van der Waals surface area contributed by atoms with Crippen LogP contribution in [0, 0.1) is 0 Å². The number of anilines is 1. The third kappa shape index (κ3) is 4.80. The van der Waals surface area contributed by atoms with Crippen molar-refractivity contribution < 1.29 is 17.9 Å². The minimum absolute atomic E-state index is 0.00587. The first kappa shape index (κ1) is 21.2. The van der Waals surface area contributed by atoms with E-state index in [9.17, 15) is 13.2 Å². The lowest BCUT2D eigenvalue weighted by Gasteiger charge is -2.21. The molecule has 0 aliphatic heterocycles. The summed E-state index contributed by atoms with van der Waals surface area (Å²) < 4.78 is 32.1. The van der Waals surface area contributed by atoms with Crippen molar-refractivity contribution in [2.75, 3.05) is 19.0 Å². The maximum absolute atomic E-state index is 12.7. The molecule has 0 saturated carbocycles. The van der Waals surface area contributed by atoms with Crippen LogP contribution in [0.3, 0.4) is 0 Å². The minimum Gasteiger partial charge on any atom is -0.492 e. The number of hydrogen-bond donors (Lipinski definition) is 1. The van der Waals surface area contributed by atoms with Crippen LogP contribution in [0.25, 0.3) is 0 Å². The molecule has 8 heteroatoms. The Balaban J connectivity index is 2.38. The van der Waals surface area contributed by atoms with Gasteiger partial charge in [0, 0.05) is 13.1 Å². The first-order valence-electron chi connectivity index (χ1n) is 8.49. The molecule has 0 radical (unpaired) electrons. The van der Waals surface area contributed by atoms with Gasteiger partial charge in [0.2, 0.25) is 10.0 Å². The molecule has 1 N–H and O–H groups in total. The number of hydrogen-bond acceptors (Lipinski definition) is 4. The van der Waals surface area contributed by atoms with Gasteiger partial charge in [-0.05, 0) is 51.1 Å². The summed E-state index contributed by atoms with van der Waals surface area (Å²) in [5.74, 6) is 0.00388. The lowest BCUT2D eigenvalue weighted by atomic mass is 10.2. The van der Waals surface area contributed by atoms with E-state index < -0.39 is 15.9 Å². The highest BCUT2D eigenvalue weighted by Crippen LogP contribution is 2.27. The number of carbonyl (C=O) groups is 1. The van der Waals surface area contributed by atoms with Gasteiger partial charge in [0.25, 0.3) is 5.91 Å². The standard InChI is InChI=1S/C19H23ClN2O4S/c1-5-26-18-9-7-6-8-17(18)21-19(23)15-12-14(10-11-16(15)20)27(24,25)22(4)13(2)3/h6-13H,5H2,1-4H3,(H,21,23). The van der Waals surface area contributed by atoms with E-state index in [0.29, 0.717) is 18.0 Å². The number of benzene rings is 2.